The maximum atomic E-state index is 12.6. The highest BCUT2D eigenvalue weighted by atomic mass is 32.2. The first-order chi connectivity index (χ1) is 15.4. The van der Waals surface area contributed by atoms with Gasteiger partial charge in [0.05, 0.1) is 4.90 Å². The molecule has 0 aliphatic carbocycles. The van der Waals surface area contributed by atoms with Crippen molar-refractivity contribution in [2.24, 2.45) is 5.73 Å². The second-order valence-electron chi connectivity index (χ2n) is 7.07. The molecule has 0 bridgehead atoms. The van der Waals surface area contributed by atoms with Crippen LogP contribution in [0.15, 0.2) is 35.2 Å². The molecule has 0 aromatic heterocycles. The van der Waals surface area contributed by atoms with Gasteiger partial charge in [0.25, 0.3) is 0 Å². The molecule has 33 heavy (non-hydrogen) atoms. The van der Waals surface area contributed by atoms with Crippen molar-refractivity contribution in [3.05, 3.63) is 52.6 Å². The van der Waals surface area contributed by atoms with Gasteiger partial charge in [-0.15, -0.1) is 0 Å². The number of rotatable bonds is 12. The van der Waals surface area contributed by atoms with Crippen LogP contribution in [0.25, 0.3) is 0 Å². The zero-order valence-corrected chi connectivity index (χ0v) is 18.9. The van der Waals surface area contributed by atoms with Crippen molar-refractivity contribution in [3.8, 4) is 11.5 Å². The van der Waals surface area contributed by atoms with E-state index in [9.17, 15) is 18.0 Å². The van der Waals surface area contributed by atoms with Gasteiger partial charge in [-0.05, 0) is 67.3 Å². The van der Waals surface area contributed by atoms with Crippen LogP contribution < -0.4 is 19.9 Å². The number of nitrogen functional groups attached to an aromatic ring is 1. The molecule has 178 valence electrons. The SMILES string of the molecule is Cc1cc(OCC(=O)O)c(OCC(=O)O)c(C)c1CCNS(=O)(=O)c1ccc(C(=N)N)cc1. The number of sulfonamides is 1. The number of carboxylic acids is 2. The molecule has 0 fully saturated rings. The normalized spacial score (nSPS) is 11.1. The first-order valence-corrected chi connectivity index (χ1v) is 11.2. The Kier molecular flexibility index (Phi) is 8.38. The smallest absolute Gasteiger partial charge is 0.341 e. The van der Waals surface area contributed by atoms with E-state index >= 15 is 0 Å². The summed E-state index contributed by atoms with van der Waals surface area (Å²) in [4.78, 5) is 21.8. The minimum absolute atomic E-state index is 0.0174. The fraction of sp³-hybridized carbons (Fsp3) is 0.286. The van der Waals surface area contributed by atoms with Crippen molar-refractivity contribution in [1.29, 1.82) is 5.41 Å². The molecule has 0 atom stereocenters. The number of ether oxygens (including phenoxy) is 2. The van der Waals surface area contributed by atoms with E-state index in [1.165, 1.54) is 30.3 Å². The van der Waals surface area contributed by atoms with E-state index in [0.29, 0.717) is 22.3 Å². The largest absolute Gasteiger partial charge is 0.479 e. The summed E-state index contributed by atoms with van der Waals surface area (Å²) in [5.74, 6) is -2.42. The summed E-state index contributed by atoms with van der Waals surface area (Å²) in [6.07, 6.45) is 0.255. The van der Waals surface area contributed by atoms with E-state index in [1.54, 1.807) is 13.8 Å². The number of aryl methyl sites for hydroxylation is 1. The minimum Gasteiger partial charge on any atom is -0.479 e. The molecule has 0 aliphatic rings. The van der Waals surface area contributed by atoms with Gasteiger partial charge in [0, 0.05) is 12.1 Å². The average Bonchev–Trinajstić information content (AvgIpc) is 2.73. The highest BCUT2D eigenvalue weighted by molar-refractivity contribution is 7.89. The number of hydrogen-bond donors (Lipinski definition) is 5. The van der Waals surface area contributed by atoms with E-state index in [4.69, 9.17) is 30.8 Å². The van der Waals surface area contributed by atoms with Gasteiger partial charge in [-0.2, -0.15) is 0 Å². The maximum Gasteiger partial charge on any atom is 0.341 e. The summed E-state index contributed by atoms with van der Waals surface area (Å²) in [6.45, 7) is 2.14. The van der Waals surface area contributed by atoms with E-state index in [1.807, 2.05) is 0 Å². The molecule has 0 saturated carbocycles. The summed E-state index contributed by atoms with van der Waals surface area (Å²) in [5.41, 5.74) is 7.69. The third-order valence-electron chi connectivity index (χ3n) is 4.67. The van der Waals surface area contributed by atoms with Crippen molar-refractivity contribution in [3.63, 3.8) is 0 Å². The molecule has 0 radical (unpaired) electrons. The lowest BCUT2D eigenvalue weighted by atomic mass is 9.98. The molecule has 6 N–H and O–H groups in total. The van der Waals surface area contributed by atoms with Crippen LogP contribution in [0.1, 0.15) is 22.3 Å². The summed E-state index contributed by atoms with van der Waals surface area (Å²) in [7, 11) is -3.82. The van der Waals surface area contributed by atoms with Crippen molar-refractivity contribution in [2.75, 3.05) is 19.8 Å². The number of aliphatic carboxylic acids is 2. The van der Waals surface area contributed by atoms with Gasteiger partial charge < -0.3 is 25.4 Å². The molecule has 2 rings (SSSR count). The van der Waals surface area contributed by atoms with E-state index in [-0.39, 0.29) is 35.2 Å². The van der Waals surface area contributed by atoms with Crippen molar-refractivity contribution in [2.45, 2.75) is 25.2 Å². The predicted octanol–water partition coefficient (Wildman–Crippen LogP) is 1.04. The zero-order chi connectivity index (χ0) is 24.8. The monoisotopic (exact) mass is 479 g/mol. The van der Waals surface area contributed by atoms with Crippen LogP contribution >= 0.6 is 0 Å². The lowest BCUT2D eigenvalue weighted by molar-refractivity contribution is -0.140. The van der Waals surface area contributed by atoms with Gasteiger partial charge >= 0.3 is 11.9 Å². The fourth-order valence-electron chi connectivity index (χ4n) is 3.12. The quantitative estimate of drug-likeness (QED) is 0.219. The highest BCUT2D eigenvalue weighted by Crippen LogP contribution is 2.36. The van der Waals surface area contributed by atoms with E-state index in [2.05, 4.69) is 4.72 Å². The third-order valence-corrected chi connectivity index (χ3v) is 6.15. The second kappa shape index (κ2) is 10.8. The molecule has 0 spiro atoms. The van der Waals surface area contributed by atoms with Crippen molar-refractivity contribution >= 4 is 27.8 Å². The molecule has 0 unspecified atom stereocenters. The maximum absolute atomic E-state index is 12.6. The van der Waals surface area contributed by atoms with E-state index in [0.717, 1.165) is 0 Å². The Labute approximate surface area is 190 Å². The van der Waals surface area contributed by atoms with Crippen LogP contribution in [-0.4, -0.2) is 56.2 Å². The fourth-order valence-corrected chi connectivity index (χ4v) is 4.15. The van der Waals surface area contributed by atoms with Gasteiger partial charge in [0.15, 0.2) is 24.7 Å². The number of hydrogen-bond acceptors (Lipinski definition) is 7. The minimum atomic E-state index is -3.82. The van der Waals surface area contributed by atoms with Gasteiger partial charge in [-0.25, -0.2) is 22.7 Å². The number of carboxylic acid groups (broad SMARTS) is 2. The predicted molar refractivity (Wildman–Crippen MR) is 119 cm³/mol. The topological polar surface area (TPSA) is 189 Å². The van der Waals surface area contributed by atoms with Crippen LogP contribution in [-0.2, 0) is 26.0 Å². The summed E-state index contributed by atoms with van der Waals surface area (Å²) < 4.78 is 38.2. The number of carbonyl (C=O) groups is 2. The second-order valence-corrected chi connectivity index (χ2v) is 8.84. The summed E-state index contributed by atoms with van der Waals surface area (Å²) in [6, 6.07) is 7.10. The molecular weight excluding hydrogens is 454 g/mol. The summed E-state index contributed by atoms with van der Waals surface area (Å²) in [5, 5.41) is 25.2. The first kappa shape index (κ1) is 25.6. The Morgan fingerprint density at radius 2 is 1.64 bits per heavy atom. The molecule has 11 nitrogen and oxygen atoms in total. The number of benzene rings is 2. The molecule has 2 aromatic carbocycles. The Morgan fingerprint density at radius 3 is 2.18 bits per heavy atom. The lowest BCUT2D eigenvalue weighted by Gasteiger charge is -2.19. The highest BCUT2D eigenvalue weighted by Gasteiger charge is 2.19. The molecule has 0 saturated heterocycles. The molecule has 0 aliphatic heterocycles. The van der Waals surface area contributed by atoms with Crippen LogP contribution in [0.4, 0.5) is 0 Å². The average molecular weight is 480 g/mol. The van der Waals surface area contributed by atoms with E-state index < -0.39 is 35.2 Å². The Morgan fingerprint density at radius 1 is 1.06 bits per heavy atom. The third kappa shape index (κ3) is 6.92. The number of amidine groups is 1. The zero-order valence-electron chi connectivity index (χ0n) is 18.0. The number of nitrogens with two attached hydrogens (primary N) is 1. The Bertz CT molecular complexity index is 1160. The van der Waals surface area contributed by atoms with Crippen LogP contribution in [0.5, 0.6) is 11.5 Å². The molecule has 0 heterocycles. The Hall–Kier alpha value is -3.64. The Balaban J connectivity index is 2.21. The van der Waals surface area contributed by atoms with Gasteiger partial charge in [-0.1, -0.05) is 0 Å². The van der Waals surface area contributed by atoms with Crippen molar-refractivity contribution < 1.29 is 37.7 Å². The van der Waals surface area contributed by atoms with Crippen LogP contribution in [0, 0.1) is 19.3 Å². The van der Waals surface area contributed by atoms with Crippen LogP contribution in [0.3, 0.4) is 0 Å². The van der Waals surface area contributed by atoms with Gasteiger partial charge in [0.1, 0.15) is 5.84 Å². The molecule has 12 heteroatoms. The molecule has 0 amide bonds. The van der Waals surface area contributed by atoms with Crippen molar-refractivity contribution in [1.82, 2.24) is 4.72 Å². The summed E-state index contributed by atoms with van der Waals surface area (Å²) >= 11 is 0. The van der Waals surface area contributed by atoms with Gasteiger partial charge in [-0.3, -0.25) is 5.41 Å². The standard InChI is InChI=1S/C21H25N3O8S/c1-12-9-17(31-10-18(25)26)20(32-11-19(27)28)13(2)16(12)7-8-24-33(29,30)15-5-3-14(4-6-15)21(22)23/h3-6,9,24H,7-8,10-11H2,1-2H3,(H3,22,23)(H,25,26)(H,27,28). The van der Waals surface area contributed by atoms with Crippen LogP contribution in [0.2, 0.25) is 0 Å². The molecular formula is C21H25N3O8S. The molecule has 2 aromatic rings. The lowest BCUT2D eigenvalue weighted by Crippen LogP contribution is -2.26. The first-order valence-electron chi connectivity index (χ1n) is 9.68. The number of nitrogens with one attached hydrogen (secondary N) is 2. The van der Waals surface area contributed by atoms with Gasteiger partial charge in [0.2, 0.25) is 10.0 Å².